The van der Waals surface area contributed by atoms with E-state index < -0.39 is 0 Å². The topological polar surface area (TPSA) is 0 Å². The number of hydrogen-bond acceptors (Lipinski definition) is 0. The molecule has 0 saturated heterocycles. The van der Waals surface area contributed by atoms with Crippen LogP contribution in [0.5, 0.6) is 0 Å². The fourth-order valence-electron chi connectivity index (χ4n) is 3.68. The number of quaternary nitrogens is 1. The summed E-state index contributed by atoms with van der Waals surface area (Å²) in [6, 6.07) is 8.66. The van der Waals surface area contributed by atoms with Gasteiger partial charge in [-0.15, -0.1) is 0 Å². The molecule has 0 aliphatic carbocycles. The second-order valence-electron chi connectivity index (χ2n) is 8.06. The molecule has 0 heterocycles. The Kier molecular flexibility index (Phi) is 14.8. The van der Waals surface area contributed by atoms with Gasteiger partial charge in [0.15, 0.2) is 0 Å². The van der Waals surface area contributed by atoms with E-state index in [0.29, 0.717) is 0 Å². The Bertz CT molecular complexity index is 467. The smallest absolute Gasteiger partial charge is 0.139 e. The molecule has 0 spiro atoms. The Labute approximate surface area is 169 Å². The fraction of sp³-hybridized carbons (Fsp3) is 0.667. The van der Waals surface area contributed by atoms with Crippen LogP contribution >= 0.6 is 0 Å². The Morgan fingerprint density at radius 3 is 1.73 bits per heavy atom. The molecule has 0 aromatic heterocycles. The van der Waals surface area contributed by atoms with Gasteiger partial charge in [0.1, 0.15) is 5.69 Å². The molecular formula is C24H42ClN. The first kappa shape index (κ1) is 25.2. The monoisotopic (exact) mass is 379 g/mol. The van der Waals surface area contributed by atoms with Gasteiger partial charge in [-0.25, -0.2) is 0 Å². The van der Waals surface area contributed by atoms with Gasteiger partial charge < -0.3 is 12.4 Å². The van der Waals surface area contributed by atoms with Crippen molar-refractivity contribution in [2.45, 2.75) is 84.0 Å². The molecule has 0 amide bonds. The van der Waals surface area contributed by atoms with E-state index in [1.807, 2.05) is 6.08 Å². The van der Waals surface area contributed by atoms with Gasteiger partial charge in [0.2, 0.25) is 0 Å². The Morgan fingerprint density at radius 2 is 1.23 bits per heavy atom. The summed E-state index contributed by atoms with van der Waals surface area (Å²) in [5.74, 6) is 0. The van der Waals surface area contributed by atoms with E-state index in [2.05, 4.69) is 51.9 Å². The maximum Gasteiger partial charge on any atom is 0.139 e. The summed E-state index contributed by atoms with van der Waals surface area (Å²) in [4.78, 5) is 0. The van der Waals surface area contributed by atoms with Crippen LogP contribution in [0.1, 0.15) is 89.5 Å². The van der Waals surface area contributed by atoms with Crippen LogP contribution in [0.25, 0.3) is 6.08 Å². The Balaban J connectivity index is 0.00000625. The van der Waals surface area contributed by atoms with Crippen molar-refractivity contribution in [1.29, 1.82) is 0 Å². The van der Waals surface area contributed by atoms with Gasteiger partial charge in [0, 0.05) is 5.56 Å². The highest BCUT2D eigenvalue weighted by Gasteiger charge is 2.20. The maximum absolute atomic E-state index is 3.96. The zero-order valence-electron chi connectivity index (χ0n) is 17.6. The van der Waals surface area contributed by atoms with Crippen molar-refractivity contribution in [3.8, 4) is 0 Å². The van der Waals surface area contributed by atoms with Crippen molar-refractivity contribution < 1.29 is 12.4 Å². The van der Waals surface area contributed by atoms with Gasteiger partial charge in [-0.3, -0.25) is 4.48 Å². The minimum atomic E-state index is 0. The van der Waals surface area contributed by atoms with Crippen LogP contribution < -0.4 is 16.9 Å². The Hall–Kier alpha value is -0.790. The molecule has 150 valence electrons. The third kappa shape index (κ3) is 10.4. The number of unbranched alkanes of at least 4 members (excludes halogenated alkanes) is 11. The van der Waals surface area contributed by atoms with Gasteiger partial charge in [0.05, 0.1) is 20.6 Å². The zero-order chi connectivity index (χ0) is 18.4. The second-order valence-corrected chi connectivity index (χ2v) is 8.06. The van der Waals surface area contributed by atoms with Crippen LogP contribution in [0.3, 0.4) is 0 Å². The quantitative estimate of drug-likeness (QED) is 0.308. The summed E-state index contributed by atoms with van der Waals surface area (Å²) >= 11 is 0. The molecule has 1 rings (SSSR count). The molecule has 0 saturated carbocycles. The minimum absolute atomic E-state index is 0. The highest BCUT2D eigenvalue weighted by atomic mass is 35.5. The molecule has 0 atom stereocenters. The van der Waals surface area contributed by atoms with Gasteiger partial charge in [-0.1, -0.05) is 95.9 Å². The lowest BCUT2D eigenvalue weighted by atomic mass is 10.0. The van der Waals surface area contributed by atoms with Crippen molar-refractivity contribution in [2.75, 3.05) is 20.6 Å². The maximum atomic E-state index is 3.96. The van der Waals surface area contributed by atoms with Crippen molar-refractivity contribution in [3.63, 3.8) is 0 Å². The molecule has 1 nitrogen and oxygen atoms in total. The molecule has 0 unspecified atom stereocenters. The van der Waals surface area contributed by atoms with E-state index in [0.717, 1.165) is 4.48 Å². The third-order valence-corrected chi connectivity index (χ3v) is 5.38. The summed E-state index contributed by atoms with van der Waals surface area (Å²) in [5, 5.41) is 0. The van der Waals surface area contributed by atoms with E-state index in [1.54, 1.807) is 0 Å². The SMILES string of the molecule is C=Cc1ccccc1[N+](C)(C)CCCCCCCCCCCCCC.[Cl-]. The number of benzene rings is 1. The molecule has 0 aliphatic heterocycles. The summed E-state index contributed by atoms with van der Waals surface area (Å²) in [5.41, 5.74) is 2.66. The van der Waals surface area contributed by atoms with Crippen LogP contribution in [0, 0.1) is 0 Å². The average molecular weight is 380 g/mol. The van der Waals surface area contributed by atoms with Crippen LogP contribution in [0.2, 0.25) is 0 Å². The molecule has 26 heavy (non-hydrogen) atoms. The summed E-state index contributed by atoms with van der Waals surface area (Å²) in [6.07, 6.45) is 18.9. The van der Waals surface area contributed by atoms with Crippen molar-refractivity contribution in [1.82, 2.24) is 4.48 Å². The number of hydrogen-bond donors (Lipinski definition) is 0. The van der Waals surface area contributed by atoms with Crippen LogP contribution in [0.4, 0.5) is 5.69 Å². The normalized spacial score (nSPS) is 11.2. The van der Waals surface area contributed by atoms with Crippen molar-refractivity contribution in [3.05, 3.63) is 36.4 Å². The van der Waals surface area contributed by atoms with Crippen molar-refractivity contribution in [2.24, 2.45) is 0 Å². The van der Waals surface area contributed by atoms with Gasteiger partial charge >= 0.3 is 0 Å². The summed E-state index contributed by atoms with van der Waals surface area (Å²) in [6.45, 7) is 7.46. The van der Waals surface area contributed by atoms with E-state index in [9.17, 15) is 0 Å². The third-order valence-electron chi connectivity index (χ3n) is 5.38. The first-order chi connectivity index (χ1) is 12.1. The number of nitrogens with zero attached hydrogens (tertiary/aromatic N) is 1. The van der Waals surface area contributed by atoms with Gasteiger partial charge in [-0.05, 0) is 25.0 Å². The van der Waals surface area contributed by atoms with Crippen LogP contribution in [-0.4, -0.2) is 20.6 Å². The average Bonchev–Trinajstić information content (AvgIpc) is 2.62. The first-order valence-corrected chi connectivity index (χ1v) is 10.7. The lowest BCUT2D eigenvalue weighted by Crippen LogP contribution is -3.00. The van der Waals surface area contributed by atoms with E-state index >= 15 is 0 Å². The Morgan fingerprint density at radius 1 is 0.769 bits per heavy atom. The highest BCUT2D eigenvalue weighted by molar-refractivity contribution is 5.64. The molecule has 0 bridgehead atoms. The number of rotatable bonds is 15. The fourth-order valence-corrected chi connectivity index (χ4v) is 3.68. The summed E-state index contributed by atoms with van der Waals surface area (Å²) in [7, 11) is 4.64. The largest absolute Gasteiger partial charge is 1.00 e. The van der Waals surface area contributed by atoms with Gasteiger partial charge in [0.25, 0.3) is 0 Å². The molecule has 0 N–H and O–H groups in total. The second kappa shape index (κ2) is 15.3. The van der Waals surface area contributed by atoms with E-state index in [-0.39, 0.29) is 12.4 Å². The summed E-state index contributed by atoms with van der Waals surface area (Å²) < 4.78 is 0.958. The lowest BCUT2D eigenvalue weighted by Gasteiger charge is -2.30. The highest BCUT2D eigenvalue weighted by Crippen LogP contribution is 2.25. The first-order valence-electron chi connectivity index (χ1n) is 10.7. The zero-order valence-corrected chi connectivity index (χ0v) is 18.4. The van der Waals surface area contributed by atoms with E-state index in [4.69, 9.17) is 0 Å². The van der Waals surface area contributed by atoms with Gasteiger partial charge in [-0.2, -0.15) is 0 Å². The molecule has 0 aliphatic rings. The van der Waals surface area contributed by atoms with Crippen molar-refractivity contribution >= 4 is 11.8 Å². The molecule has 1 aromatic carbocycles. The molecule has 1 aromatic rings. The molecule has 2 heteroatoms. The molecule has 0 fully saturated rings. The molecule has 0 radical (unpaired) electrons. The number of halogens is 1. The molecular weight excluding hydrogens is 338 g/mol. The predicted octanol–water partition coefficient (Wildman–Crippen LogP) is 4.60. The predicted molar refractivity (Wildman–Crippen MR) is 116 cm³/mol. The lowest BCUT2D eigenvalue weighted by molar-refractivity contribution is -0.00000554. The number of para-hydroxylation sites is 1. The van der Waals surface area contributed by atoms with E-state index in [1.165, 1.54) is 94.8 Å². The van der Waals surface area contributed by atoms with Crippen LogP contribution in [0.15, 0.2) is 30.8 Å². The minimum Gasteiger partial charge on any atom is -1.00 e. The standard InChI is InChI=1S/C24H42N.ClH/c1-5-7-8-9-10-11-12-13-14-15-16-19-22-25(3,4)24-21-18-17-20-23(24)6-2;/h6,17-18,20-21H,2,5,7-16,19,22H2,1,3-4H3;1H/q+1;/p-1. The van der Waals surface area contributed by atoms with Crippen LogP contribution in [-0.2, 0) is 0 Å².